The van der Waals surface area contributed by atoms with Gasteiger partial charge < -0.3 is 32.9 Å². The summed E-state index contributed by atoms with van der Waals surface area (Å²) in [6.45, 7) is 5.28. The molecule has 0 saturated heterocycles. The number of nitrogens with zero attached hydrogens (tertiary/aromatic N) is 4. The predicted octanol–water partition coefficient (Wildman–Crippen LogP) is 10.8. The zero-order valence-corrected chi connectivity index (χ0v) is 41.2. The smallest absolute Gasteiger partial charge is 0.345 e. The number of fused-ring (bicyclic) bond motifs is 2. The number of hydrazone groups is 2. The third-order valence-corrected chi connectivity index (χ3v) is 12.0. The van der Waals surface area contributed by atoms with Crippen LogP contribution < -0.4 is 30.7 Å². The Balaban J connectivity index is 0.000000184. The second-order valence-corrected chi connectivity index (χ2v) is 16.8. The van der Waals surface area contributed by atoms with Crippen molar-refractivity contribution in [2.75, 3.05) is 37.5 Å². The zero-order chi connectivity index (χ0) is 52.3. The van der Waals surface area contributed by atoms with E-state index in [0.29, 0.717) is 82.4 Å². The summed E-state index contributed by atoms with van der Waals surface area (Å²) in [6.07, 6.45) is 0.988. The van der Waals surface area contributed by atoms with E-state index in [1.807, 2.05) is 107 Å². The van der Waals surface area contributed by atoms with Crippen LogP contribution in [0.25, 0.3) is 21.9 Å². The van der Waals surface area contributed by atoms with Crippen molar-refractivity contribution in [1.82, 2.24) is 0 Å². The van der Waals surface area contributed by atoms with Gasteiger partial charge >= 0.3 is 23.2 Å². The van der Waals surface area contributed by atoms with Crippen molar-refractivity contribution in [2.24, 2.45) is 10.2 Å². The maximum absolute atomic E-state index is 12.9. The molecule has 2 aliphatic rings. The van der Waals surface area contributed by atoms with Crippen LogP contribution in [0.2, 0.25) is 0 Å². The van der Waals surface area contributed by atoms with Crippen molar-refractivity contribution in [3.63, 3.8) is 0 Å². The Hall–Kier alpha value is -9.31. The summed E-state index contributed by atoms with van der Waals surface area (Å²) >= 11 is 0. The molecule has 0 bridgehead atoms. The molecule has 0 saturated carbocycles. The van der Waals surface area contributed by atoms with Gasteiger partial charge in [0.25, 0.3) is 5.97 Å². The molecule has 74 heavy (non-hydrogen) atoms. The predicted molar refractivity (Wildman–Crippen MR) is 282 cm³/mol. The first-order valence-corrected chi connectivity index (χ1v) is 23.7. The van der Waals surface area contributed by atoms with Crippen molar-refractivity contribution < 1.29 is 47.3 Å². The number of benzene rings is 6. The Morgan fingerprint density at radius 3 is 1.26 bits per heavy atom. The number of hydrogen-bond donors (Lipinski definition) is 1. The average molecular weight is 997 g/mol. The van der Waals surface area contributed by atoms with Crippen LogP contribution in [0.4, 0.5) is 11.4 Å². The van der Waals surface area contributed by atoms with Crippen molar-refractivity contribution in [3.8, 4) is 11.5 Å². The Labute approximate surface area is 425 Å². The van der Waals surface area contributed by atoms with Crippen LogP contribution >= 0.6 is 0 Å². The molecule has 2 atom stereocenters. The number of aliphatic carboxylic acids is 1. The van der Waals surface area contributed by atoms with E-state index in [2.05, 4.69) is 0 Å². The highest BCUT2D eigenvalue weighted by Crippen LogP contribution is 2.38. The van der Waals surface area contributed by atoms with Crippen molar-refractivity contribution in [3.05, 3.63) is 212 Å². The van der Waals surface area contributed by atoms with Crippen LogP contribution in [0.5, 0.6) is 11.5 Å². The number of para-hydroxylation sites is 2. The maximum Gasteiger partial charge on any atom is 0.345 e. The Kier molecular flexibility index (Phi) is 16.1. The lowest BCUT2D eigenvalue weighted by Crippen LogP contribution is -2.18. The molecule has 2 aliphatic heterocycles. The summed E-state index contributed by atoms with van der Waals surface area (Å²) in [6, 6.07) is 48.1. The number of carbonyl (C=O) groups is 3. The highest BCUT2D eigenvalue weighted by molar-refractivity contribution is 6.05. The lowest BCUT2D eigenvalue weighted by molar-refractivity contribution is -0.134. The fourth-order valence-corrected chi connectivity index (χ4v) is 8.47. The molecule has 1 N–H and O–H groups in total. The number of carboxylic acid groups (broad SMARTS) is 1. The quantitative estimate of drug-likeness (QED) is 0.0895. The fraction of sp³-hybridized carbons (Fsp3) is 0.190. The molecular formula is C58H52N4O12. The van der Waals surface area contributed by atoms with Crippen LogP contribution in [0.3, 0.4) is 0 Å². The number of rotatable bonds is 12. The molecule has 4 heterocycles. The van der Waals surface area contributed by atoms with Gasteiger partial charge in [-0.25, -0.2) is 19.2 Å². The van der Waals surface area contributed by atoms with Gasteiger partial charge in [-0.3, -0.25) is 14.8 Å². The zero-order valence-electron chi connectivity index (χ0n) is 41.2. The van der Waals surface area contributed by atoms with Gasteiger partial charge in [0.1, 0.15) is 22.7 Å². The topological polar surface area (TPSA) is 200 Å². The van der Waals surface area contributed by atoms with E-state index in [1.165, 1.54) is 0 Å². The van der Waals surface area contributed by atoms with Crippen LogP contribution in [0.1, 0.15) is 88.7 Å². The number of carboxylic acids is 1. The number of carbonyl (C=O) groups excluding carboxylic acids is 2. The van der Waals surface area contributed by atoms with E-state index in [-0.39, 0.29) is 24.0 Å². The fourth-order valence-electron chi connectivity index (χ4n) is 8.47. The van der Waals surface area contributed by atoms with Crippen molar-refractivity contribution in [1.29, 1.82) is 0 Å². The normalized spacial score (nSPS) is 14.7. The highest BCUT2D eigenvalue weighted by atomic mass is 16.5. The number of methoxy groups -OCH3 is 2. The summed E-state index contributed by atoms with van der Waals surface area (Å²) < 4.78 is 32.0. The summed E-state index contributed by atoms with van der Waals surface area (Å²) in [7, 11) is 3.19. The van der Waals surface area contributed by atoms with Gasteiger partial charge in [0.2, 0.25) is 0 Å². The van der Waals surface area contributed by atoms with Crippen LogP contribution in [0.15, 0.2) is 186 Å². The van der Waals surface area contributed by atoms with Gasteiger partial charge in [-0.2, -0.15) is 10.2 Å². The van der Waals surface area contributed by atoms with Gasteiger partial charge in [-0.1, -0.05) is 60.7 Å². The molecule has 2 unspecified atom stereocenters. The number of anilines is 2. The van der Waals surface area contributed by atoms with E-state index in [0.717, 1.165) is 40.2 Å². The molecular weight excluding hydrogens is 945 g/mol. The van der Waals surface area contributed by atoms with Gasteiger partial charge in [-0.05, 0) is 122 Å². The van der Waals surface area contributed by atoms with Gasteiger partial charge in [0.05, 0.1) is 84.6 Å². The van der Waals surface area contributed by atoms with E-state index in [9.17, 15) is 19.2 Å². The van der Waals surface area contributed by atoms with Crippen LogP contribution in [-0.4, -0.2) is 61.9 Å². The largest absolute Gasteiger partial charge is 0.497 e. The van der Waals surface area contributed by atoms with Gasteiger partial charge in [-0.15, -0.1) is 0 Å². The SMILES string of the molecule is CC(=O)O.CCOC(=O)c1ccc(C2CC(c3cc4cc(OC)ccc4oc3=O)=NN2c2ccccc2)cc1.CCOC(=O)c1ccc(C2CC(c3cc4cc(OC)ccc4oc3=O)=NN2c2ccccc2)cc1. The third kappa shape index (κ3) is 11.7. The van der Waals surface area contributed by atoms with Crippen molar-refractivity contribution >= 4 is 62.6 Å². The van der Waals surface area contributed by atoms with Crippen LogP contribution in [-0.2, 0) is 14.3 Å². The minimum absolute atomic E-state index is 0.163. The monoisotopic (exact) mass is 996 g/mol. The summed E-state index contributed by atoms with van der Waals surface area (Å²) in [5, 5.41) is 22.5. The van der Waals surface area contributed by atoms with Crippen LogP contribution in [0, 0.1) is 0 Å². The molecule has 0 spiro atoms. The highest BCUT2D eigenvalue weighted by Gasteiger charge is 2.33. The second kappa shape index (κ2) is 23.3. The molecule has 6 aromatic carbocycles. The number of ether oxygens (including phenoxy) is 4. The molecule has 16 heteroatoms. The molecule has 376 valence electrons. The summed E-state index contributed by atoms with van der Waals surface area (Å²) in [5.41, 5.74) is 6.90. The Morgan fingerprint density at radius 2 is 0.919 bits per heavy atom. The molecule has 0 radical (unpaired) electrons. The Bertz CT molecular complexity index is 3250. The minimum atomic E-state index is -0.833. The van der Waals surface area contributed by atoms with E-state index >= 15 is 0 Å². The third-order valence-electron chi connectivity index (χ3n) is 12.0. The minimum Gasteiger partial charge on any atom is -0.497 e. The first-order chi connectivity index (χ1) is 35.9. The number of hydrogen-bond acceptors (Lipinski definition) is 15. The van der Waals surface area contributed by atoms with E-state index in [1.54, 1.807) is 88.7 Å². The molecule has 0 fully saturated rings. The molecule has 16 nitrogen and oxygen atoms in total. The summed E-state index contributed by atoms with van der Waals surface area (Å²) in [5.74, 6) is -0.190. The Morgan fingerprint density at radius 1 is 0.554 bits per heavy atom. The standard InChI is InChI=1S/2C28H24N2O5.C2H4O2/c2*1-3-34-27(31)19-11-9-18(10-12-19)25-17-24(29-30(25)21-7-5-4-6-8-21)23-16-20-15-22(33-2)13-14-26(20)35-28(23)32;1-2(3)4/h2*4-16,25H,3,17H2,1-2H3;1H3,(H,3,4). The van der Waals surface area contributed by atoms with E-state index < -0.39 is 17.2 Å². The second-order valence-electron chi connectivity index (χ2n) is 16.8. The summed E-state index contributed by atoms with van der Waals surface area (Å²) in [4.78, 5) is 58.9. The molecule has 8 aromatic rings. The van der Waals surface area contributed by atoms with E-state index in [4.69, 9.17) is 47.9 Å². The number of esters is 2. The van der Waals surface area contributed by atoms with Gasteiger partial charge in [0.15, 0.2) is 0 Å². The first kappa shape index (κ1) is 51.1. The van der Waals surface area contributed by atoms with Gasteiger partial charge in [0, 0.05) is 30.5 Å². The lowest BCUT2D eigenvalue weighted by Gasteiger charge is -2.24. The lowest BCUT2D eigenvalue weighted by atomic mass is 9.97. The molecule has 10 rings (SSSR count). The molecule has 0 aliphatic carbocycles. The maximum atomic E-state index is 12.9. The average Bonchev–Trinajstić information content (AvgIpc) is 4.08. The van der Waals surface area contributed by atoms with Crippen molar-refractivity contribution in [2.45, 2.75) is 45.7 Å². The first-order valence-electron chi connectivity index (χ1n) is 23.7. The molecule has 0 amide bonds. The molecule has 2 aromatic heterocycles.